The first-order valence-electron chi connectivity index (χ1n) is 8.33. The Morgan fingerprint density at radius 3 is 2.50 bits per heavy atom. The number of pyridine rings is 1. The quantitative estimate of drug-likeness (QED) is 0.943. The minimum Gasteiger partial charge on any atom is -0.354 e. The van der Waals surface area contributed by atoms with Crippen molar-refractivity contribution in [1.29, 1.82) is 0 Å². The van der Waals surface area contributed by atoms with Crippen LogP contribution in [-0.2, 0) is 0 Å². The number of aromatic nitrogens is 1. The maximum atomic E-state index is 12.6. The van der Waals surface area contributed by atoms with Crippen LogP contribution < -0.4 is 10.2 Å². The molecule has 5 heteroatoms. The summed E-state index contributed by atoms with van der Waals surface area (Å²) in [6, 6.07) is 11.5. The van der Waals surface area contributed by atoms with E-state index in [9.17, 15) is 4.79 Å². The first-order valence-corrected chi connectivity index (χ1v) is 8.33. The van der Waals surface area contributed by atoms with Crippen LogP contribution in [0.25, 0.3) is 0 Å². The number of amides is 1. The molecular formula is C19H24N4O. The molecule has 1 aliphatic heterocycles. The fraction of sp³-hybridized carbons (Fsp3) is 0.368. The van der Waals surface area contributed by atoms with Crippen LogP contribution in [0.2, 0.25) is 0 Å². The van der Waals surface area contributed by atoms with Crippen molar-refractivity contribution >= 4 is 17.4 Å². The van der Waals surface area contributed by atoms with Crippen molar-refractivity contribution in [2.24, 2.45) is 0 Å². The molecular weight excluding hydrogens is 300 g/mol. The molecule has 0 unspecified atom stereocenters. The van der Waals surface area contributed by atoms with Crippen molar-refractivity contribution in [2.45, 2.75) is 13.8 Å². The molecule has 0 atom stereocenters. The van der Waals surface area contributed by atoms with E-state index in [1.165, 1.54) is 0 Å². The highest BCUT2D eigenvalue weighted by Gasteiger charge is 2.17. The van der Waals surface area contributed by atoms with E-state index < -0.39 is 0 Å². The fourth-order valence-electron chi connectivity index (χ4n) is 2.83. The number of nitrogens with zero attached hydrogens (tertiary/aromatic N) is 3. The van der Waals surface area contributed by atoms with Crippen LogP contribution in [-0.4, -0.2) is 49.0 Å². The van der Waals surface area contributed by atoms with E-state index in [2.05, 4.69) is 27.1 Å². The molecule has 126 valence electrons. The highest BCUT2D eigenvalue weighted by molar-refractivity contribution is 6.03. The molecule has 1 saturated heterocycles. The van der Waals surface area contributed by atoms with Gasteiger partial charge in [-0.25, -0.2) is 4.98 Å². The average molecular weight is 324 g/mol. The number of anilines is 2. The first-order chi connectivity index (χ1) is 11.5. The topological polar surface area (TPSA) is 48.5 Å². The fourth-order valence-corrected chi connectivity index (χ4v) is 2.83. The van der Waals surface area contributed by atoms with Crippen molar-refractivity contribution in [3.63, 3.8) is 0 Å². The molecule has 3 rings (SSSR count). The van der Waals surface area contributed by atoms with Gasteiger partial charge >= 0.3 is 0 Å². The molecule has 1 N–H and O–H groups in total. The van der Waals surface area contributed by atoms with Crippen LogP contribution >= 0.6 is 0 Å². The van der Waals surface area contributed by atoms with Crippen LogP contribution in [0.3, 0.4) is 0 Å². The summed E-state index contributed by atoms with van der Waals surface area (Å²) >= 11 is 0. The number of likely N-dealkylation sites (N-methyl/N-ethyl adjacent to an activating group) is 1. The molecule has 1 aromatic heterocycles. The van der Waals surface area contributed by atoms with Crippen molar-refractivity contribution < 1.29 is 4.79 Å². The van der Waals surface area contributed by atoms with Crippen LogP contribution in [0.5, 0.6) is 0 Å². The maximum Gasteiger partial charge on any atom is 0.274 e. The predicted molar refractivity (Wildman–Crippen MR) is 97.8 cm³/mol. The van der Waals surface area contributed by atoms with Gasteiger partial charge in [0.25, 0.3) is 5.91 Å². The Morgan fingerprint density at radius 2 is 1.75 bits per heavy atom. The Hall–Kier alpha value is -2.40. The van der Waals surface area contributed by atoms with E-state index in [4.69, 9.17) is 0 Å². The Balaban J connectivity index is 1.76. The second-order valence-electron chi connectivity index (χ2n) is 6.37. The van der Waals surface area contributed by atoms with Gasteiger partial charge in [0, 0.05) is 31.9 Å². The van der Waals surface area contributed by atoms with Gasteiger partial charge in [-0.05, 0) is 50.2 Å². The van der Waals surface area contributed by atoms with E-state index in [1.807, 2.05) is 44.2 Å². The first kappa shape index (κ1) is 16.5. The van der Waals surface area contributed by atoms with Gasteiger partial charge in [-0.3, -0.25) is 4.79 Å². The highest BCUT2D eigenvalue weighted by Crippen LogP contribution is 2.19. The summed E-state index contributed by atoms with van der Waals surface area (Å²) < 4.78 is 0. The molecule has 1 fully saturated rings. The number of hydrogen-bond acceptors (Lipinski definition) is 4. The third-order valence-corrected chi connectivity index (χ3v) is 4.65. The third-order valence-electron chi connectivity index (χ3n) is 4.65. The van der Waals surface area contributed by atoms with Crippen LogP contribution in [0.15, 0.2) is 36.4 Å². The summed E-state index contributed by atoms with van der Waals surface area (Å²) in [5, 5.41) is 2.98. The SMILES string of the molecule is Cc1cccc(NC(=O)c2cccc(N3CCN(C)CC3)n2)c1C. The van der Waals surface area contributed by atoms with Gasteiger partial charge in [-0.15, -0.1) is 0 Å². The minimum absolute atomic E-state index is 0.167. The number of carbonyl (C=O) groups is 1. The van der Waals surface area contributed by atoms with E-state index in [0.717, 1.165) is 48.8 Å². The molecule has 5 nitrogen and oxygen atoms in total. The molecule has 1 aliphatic rings. The number of carbonyl (C=O) groups excluding carboxylic acids is 1. The van der Waals surface area contributed by atoms with Gasteiger partial charge in [0.1, 0.15) is 11.5 Å². The molecule has 24 heavy (non-hydrogen) atoms. The smallest absolute Gasteiger partial charge is 0.274 e. The van der Waals surface area contributed by atoms with Gasteiger partial charge in [-0.1, -0.05) is 18.2 Å². The molecule has 0 spiro atoms. The van der Waals surface area contributed by atoms with Crippen LogP contribution in [0.1, 0.15) is 21.6 Å². The second-order valence-corrected chi connectivity index (χ2v) is 6.37. The normalized spacial score (nSPS) is 15.4. The van der Waals surface area contributed by atoms with Crippen molar-refractivity contribution in [3.8, 4) is 0 Å². The Bertz CT molecular complexity index is 736. The van der Waals surface area contributed by atoms with Gasteiger partial charge in [0.15, 0.2) is 0 Å². The zero-order valence-corrected chi connectivity index (χ0v) is 14.5. The van der Waals surface area contributed by atoms with Gasteiger partial charge in [0.2, 0.25) is 0 Å². The summed E-state index contributed by atoms with van der Waals surface area (Å²) in [6.07, 6.45) is 0. The summed E-state index contributed by atoms with van der Waals surface area (Å²) in [7, 11) is 2.12. The molecule has 0 aliphatic carbocycles. The molecule has 0 bridgehead atoms. The maximum absolute atomic E-state index is 12.6. The van der Waals surface area contributed by atoms with Crippen LogP contribution in [0, 0.1) is 13.8 Å². The summed E-state index contributed by atoms with van der Waals surface area (Å²) in [4.78, 5) is 21.7. The molecule has 2 aromatic rings. The van der Waals surface area contributed by atoms with Gasteiger partial charge < -0.3 is 15.1 Å². The monoisotopic (exact) mass is 324 g/mol. The number of nitrogens with one attached hydrogen (secondary N) is 1. The lowest BCUT2D eigenvalue weighted by Crippen LogP contribution is -2.44. The average Bonchev–Trinajstić information content (AvgIpc) is 2.60. The van der Waals surface area contributed by atoms with Crippen LogP contribution in [0.4, 0.5) is 11.5 Å². The molecule has 0 radical (unpaired) electrons. The number of aryl methyl sites for hydroxylation is 1. The Kier molecular flexibility index (Phi) is 4.81. The van der Waals surface area contributed by atoms with E-state index in [0.29, 0.717) is 5.69 Å². The van der Waals surface area contributed by atoms with E-state index in [1.54, 1.807) is 6.07 Å². The number of rotatable bonds is 3. The minimum atomic E-state index is -0.167. The zero-order chi connectivity index (χ0) is 17.1. The highest BCUT2D eigenvalue weighted by atomic mass is 16.1. The lowest BCUT2D eigenvalue weighted by molar-refractivity contribution is 0.102. The van der Waals surface area contributed by atoms with Gasteiger partial charge in [-0.2, -0.15) is 0 Å². The molecule has 1 amide bonds. The summed E-state index contributed by atoms with van der Waals surface area (Å²) in [5.41, 5.74) is 3.53. The lowest BCUT2D eigenvalue weighted by atomic mass is 10.1. The molecule has 1 aromatic carbocycles. The lowest BCUT2D eigenvalue weighted by Gasteiger charge is -2.33. The van der Waals surface area contributed by atoms with E-state index in [-0.39, 0.29) is 5.91 Å². The predicted octanol–water partition coefficient (Wildman–Crippen LogP) is 2.70. The Morgan fingerprint density at radius 1 is 1.04 bits per heavy atom. The largest absolute Gasteiger partial charge is 0.354 e. The van der Waals surface area contributed by atoms with Crippen molar-refractivity contribution in [3.05, 3.63) is 53.2 Å². The summed E-state index contributed by atoms with van der Waals surface area (Å²) in [5.74, 6) is 0.705. The van der Waals surface area contributed by atoms with Gasteiger partial charge in [0.05, 0.1) is 0 Å². The molecule has 2 heterocycles. The Labute approximate surface area is 143 Å². The number of hydrogen-bond donors (Lipinski definition) is 1. The van der Waals surface area contributed by atoms with Crippen molar-refractivity contribution in [1.82, 2.24) is 9.88 Å². The summed E-state index contributed by atoms with van der Waals surface area (Å²) in [6.45, 7) is 7.95. The number of piperazine rings is 1. The third kappa shape index (κ3) is 3.57. The standard InChI is InChI=1S/C19H24N4O/c1-14-6-4-7-16(15(14)2)21-19(24)17-8-5-9-18(20-17)23-12-10-22(3)11-13-23/h4-9H,10-13H2,1-3H3,(H,21,24). The number of benzene rings is 1. The molecule has 0 saturated carbocycles. The second kappa shape index (κ2) is 7.01. The zero-order valence-electron chi connectivity index (χ0n) is 14.5. The van der Waals surface area contributed by atoms with Crippen molar-refractivity contribution in [2.75, 3.05) is 43.4 Å². The van der Waals surface area contributed by atoms with E-state index >= 15 is 0 Å².